The van der Waals surface area contributed by atoms with E-state index < -0.39 is 0 Å². The maximum Gasteiger partial charge on any atom is 0.318 e. The van der Waals surface area contributed by atoms with E-state index in [-0.39, 0.29) is 24.0 Å². The van der Waals surface area contributed by atoms with Crippen molar-refractivity contribution in [2.45, 2.75) is 52.2 Å². The minimum atomic E-state index is -0.0232. The van der Waals surface area contributed by atoms with Gasteiger partial charge in [-0.1, -0.05) is 6.07 Å². The van der Waals surface area contributed by atoms with E-state index in [1.165, 1.54) is 16.6 Å². The molecule has 26 heavy (non-hydrogen) atoms. The van der Waals surface area contributed by atoms with E-state index >= 15 is 0 Å². The van der Waals surface area contributed by atoms with Gasteiger partial charge in [-0.05, 0) is 49.9 Å². The first-order valence-corrected chi connectivity index (χ1v) is 9.33. The maximum absolute atomic E-state index is 12.7. The van der Waals surface area contributed by atoms with Gasteiger partial charge in [-0.25, -0.2) is 4.79 Å². The Morgan fingerprint density at radius 1 is 1.15 bits per heavy atom. The lowest BCUT2D eigenvalue weighted by atomic mass is 9.91. The third-order valence-corrected chi connectivity index (χ3v) is 6.01. The molecule has 3 fully saturated rings. The van der Waals surface area contributed by atoms with E-state index in [2.05, 4.69) is 42.3 Å². The van der Waals surface area contributed by atoms with Gasteiger partial charge in [-0.3, -0.25) is 4.79 Å². The predicted molar refractivity (Wildman–Crippen MR) is 101 cm³/mol. The zero-order chi connectivity index (χ0) is 18.4. The molecule has 3 aliphatic heterocycles. The van der Waals surface area contributed by atoms with Gasteiger partial charge in [0.1, 0.15) is 0 Å². The Morgan fingerprint density at radius 3 is 2.50 bits per heavy atom. The van der Waals surface area contributed by atoms with Crippen LogP contribution in [-0.4, -0.2) is 51.9 Å². The molecule has 6 nitrogen and oxygen atoms in total. The van der Waals surface area contributed by atoms with E-state index in [1.807, 2.05) is 9.80 Å². The molecule has 2 N–H and O–H groups in total. The number of aromatic amines is 1. The molecule has 6 heteroatoms. The molecule has 3 saturated heterocycles. The number of nitrogens with zero attached hydrogens (tertiary/aromatic N) is 2. The molecule has 2 aromatic rings. The smallest absolute Gasteiger partial charge is 0.318 e. The van der Waals surface area contributed by atoms with Gasteiger partial charge in [0.25, 0.3) is 0 Å². The third-order valence-electron chi connectivity index (χ3n) is 6.01. The van der Waals surface area contributed by atoms with Crippen molar-refractivity contribution in [3.63, 3.8) is 0 Å². The number of nitrogens with one attached hydrogen (secondary N) is 2. The highest BCUT2D eigenvalue weighted by Gasteiger charge is 2.41. The minimum absolute atomic E-state index is 0.0232. The van der Waals surface area contributed by atoms with Crippen molar-refractivity contribution in [2.24, 2.45) is 0 Å². The molecule has 0 spiro atoms. The van der Waals surface area contributed by atoms with E-state index in [1.54, 1.807) is 6.92 Å². The number of piperazine rings is 1. The molecule has 2 unspecified atom stereocenters. The van der Waals surface area contributed by atoms with Gasteiger partial charge in [0, 0.05) is 49.2 Å². The predicted octanol–water partition coefficient (Wildman–Crippen LogP) is 2.69. The average molecular weight is 354 g/mol. The zero-order valence-electron chi connectivity index (χ0n) is 15.6. The van der Waals surface area contributed by atoms with Crippen molar-refractivity contribution >= 4 is 22.8 Å². The SMILES string of the molecule is CC(=O)N1CC2CCC1CN2C(=O)NCc1ccc2[nH]c(C)c(C)c2c1. The van der Waals surface area contributed by atoms with Gasteiger partial charge in [-0.2, -0.15) is 0 Å². The van der Waals surface area contributed by atoms with Crippen LogP contribution < -0.4 is 5.32 Å². The Balaban J connectivity index is 1.42. The van der Waals surface area contributed by atoms with E-state index in [4.69, 9.17) is 0 Å². The lowest BCUT2D eigenvalue weighted by molar-refractivity contribution is -0.137. The number of H-pyrrole nitrogens is 1. The molecule has 3 amide bonds. The summed E-state index contributed by atoms with van der Waals surface area (Å²) < 4.78 is 0. The van der Waals surface area contributed by atoms with Crippen LogP contribution >= 0.6 is 0 Å². The maximum atomic E-state index is 12.7. The quantitative estimate of drug-likeness (QED) is 0.871. The van der Waals surface area contributed by atoms with Crippen molar-refractivity contribution in [1.29, 1.82) is 0 Å². The number of piperidine rings is 2. The number of amides is 3. The van der Waals surface area contributed by atoms with Crippen LogP contribution in [0.2, 0.25) is 0 Å². The number of aromatic nitrogens is 1. The monoisotopic (exact) mass is 354 g/mol. The number of hydrogen-bond acceptors (Lipinski definition) is 2. The molecule has 4 heterocycles. The topological polar surface area (TPSA) is 68.4 Å². The zero-order valence-corrected chi connectivity index (χ0v) is 15.6. The number of benzene rings is 1. The van der Waals surface area contributed by atoms with Gasteiger partial charge < -0.3 is 20.1 Å². The van der Waals surface area contributed by atoms with Crippen molar-refractivity contribution in [1.82, 2.24) is 20.1 Å². The minimum Gasteiger partial charge on any atom is -0.358 e. The Morgan fingerprint density at radius 2 is 1.85 bits per heavy atom. The molecule has 1 aromatic heterocycles. The van der Waals surface area contributed by atoms with Crippen LogP contribution in [0.3, 0.4) is 0 Å². The fraction of sp³-hybridized carbons (Fsp3) is 0.500. The summed E-state index contributed by atoms with van der Waals surface area (Å²) in [6, 6.07) is 6.56. The molecule has 2 atom stereocenters. The molecule has 0 saturated carbocycles. The molecular formula is C20H26N4O2. The summed E-state index contributed by atoms with van der Waals surface area (Å²) >= 11 is 0. The molecule has 1 aromatic carbocycles. The first-order valence-electron chi connectivity index (χ1n) is 9.33. The largest absolute Gasteiger partial charge is 0.358 e. The molecule has 5 rings (SSSR count). The van der Waals surface area contributed by atoms with Crippen molar-refractivity contribution in [3.8, 4) is 0 Å². The molecular weight excluding hydrogens is 328 g/mol. The number of carbonyl (C=O) groups excluding carboxylic acids is 2. The Bertz CT molecular complexity index is 872. The van der Waals surface area contributed by atoms with Crippen molar-refractivity contribution in [3.05, 3.63) is 35.0 Å². The van der Waals surface area contributed by atoms with Gasteiger partial charge in [0.15, 0.2) is 0 Å². The van der Waals surface area contributed by atoms with Crippen LogP contribution in [0, 0.1) is 13.8 Å². The van der Waals surface area contributed by atoms with Crippen LogP contribution in [0.15, 0.2) is 18.2 Å². The fourth-order valence-corrected chi connectivity index (χ4v) is 4.36. The number of urea groups is 1. The van der Waals surface area contributed by atoms with E-state index in [0.29, 0.717) is 19.6 Å². The van der Waals surface area contributed by atoms with Gasteiger partial charge >= 0.3 is 6.03 Å². The first-order chi connectivity index (χ1) is 12.4. The van der Waals surface area contributed by atoms with Crippen LogP contribution in [0.4, 0.5) is 4.79 Å². The second-order valence-corrected chi connectivity index (χ2v) is 7.62. The fourth-order valence-electron chi connectivity index (χ4n) is 4.36. The van der Waals surface area contributed by atoms with Gasteiger partial charge in [-0.15, -0.1) is 0 Å². The summed E-state index contributed by atoms with van der Waals surface area (Å²) in [5.41, 5.74) is 4.67. The highest BCUT2D eigenvalue weighted by Crippen LogP contribution is 2.29. The Kier molecular flexibility index (Phi) is 4.13. The van der Waals surface area contributed by atoms with Crippen LogP contribution in [0.5, 0.6) is 0 Å². The number of carbonyl (C=O) groups is 2. The van der Waals surface area contributed by atoms with Crippen LogP contribution in [0.25, 0.3) is 10.9 Å². The second-order valence-electron chi connectivity index (χ2n) is 7.62. The molecule has 0 radical (unpaired) electrons. The molecule has 3 aliphatic rings. The first kappa shape index (κ1) is 16.9. The second kappa shape index (κ2) is 6.34. The molecule has 138 valence electrons. The van der Waals surface area contributed by atoms with Gasteiger partial charge in [0.2, 0.25) is 5.91 Å². The summed E-state index contributed by atoms with van der Waals surface area (Å²) in [4.78, 5) is 31.6. The van der Waals surface area contributed by atoms with E-state index in [9.17, 15) is 9.59 Å². The summed E-state index contributed by atoms with van der Waals surface area (Å²) in [6.07, 6.45) is 1.98. The van der Waals surface area contributed by atoms with E-state index in [0.717, 1.165) is 23.9 Å². The summed E-state index contributed by atoms with van der Waals surface area (Å²) in [6.45, 7) is 7.63. The Hall–Kier alpha value is -2.50. The van der Waals surface area contributed by atoms with Gasteiger partial charge in [0.05, 0.1) is 6.04 Å². The molecule has 2 bridgehead atoms. The highest BCUT2D eigenvalue weighted by atomic mass is 16.2. The van der Waals surface area contributed by atoms with Crippen molar-refractivity contribution in [2.75, 3.05) is 13.1 Å². The molecule has 0 aliphatic carbocycles. The number of fused-ring (bicyclic) bond motifs is 4. The average Bonchev–Trinajstić information content (AvgIpc) is 2.93. The van der Waals surface area contributed by atoms with Crippen molar-refractivity contribution < 1.29 is 9.59 Å². The normalized spacial score (nSPS) is 22.1. The lowest BCUT2D eigenvalue weighted by Crippen LogP contribution is -2.66. The Labute approximate surface area is 153 Å². The summed E-state index contributed by atoms with van der Waals surface area (Å²) in [7, 11) is 0. The number of aryl methyl sites for hydroxylation is 2. The lowest BCUT2D eigenvalue weighted by Gasteiger charge is -2.51. The number of rotatable bonds is 2. The van der Waals surface area contributed by atoms with Crippen LogP contribution in [-0.2, 0) is 11.3 Å². The third kappa shape index (κ3) is 2.83. The van der Waals surface area contributed by atoms with Crippen LogP contribution in [0.1, 0.15) is 36.6 Å². The summed E-state index contributed by atoms with van der Waals surface area (Å²) in [5, 5.41) is 4.27. The summed E-state index contributed by atoms with van der Waals surface area (Å²) in [5.74, 6) is 0.116. The standard InChI is InChI=1S/C20H26N4O2/c1-12-13(2)22-19-7-4-15(8-18(12)19)9-21-20(26)24-11-16-5-6-17(24)10-23(16)14(3)25/h4,7-8,16-17,22H,5-6,9-11H2,1-3H3,(H,21,26). The highest BCUT2D eigenvalue weighted by molar-refractivity contribution is 5.85. The number of hydrogen-bond donors (Lipinski definition) is 2.